The van der Waals surface area contributed by atoms with Crippen molar-refractivity contribution in [3.63, 3.8) is 0 Å². The summed E-state index contributed by atoms with van der Waals surface area (Å²) < 4.78 is 4.58. The molecule has 12 aromatic rings. The van der Waals surface area contributed by atoms with Crippen LogP contribution in [0.2, 0.25) is 0 Å². The Morgan fingerprint density at radius 3 is 1.82 bits per heavy atom. The largest absolute Gasteiger partial charge is 0.308 e. The number of hydrogen-bond acceptors (Lipinski definition) is 3. The van der Waals surface area contributed by atoms with Gasteiger partial charge in [-0.25, -0.2) is 9.97 Å². The Bertz CT molecular complexity index is 3540. The Balaban J connectivity index is 1.22. The highest BCUT2D eigenvalue weighted by Crippen LogP contribution is 2.51. The van der Waals surface area contributed by atoms with Crippen LogP contribution < -0.4 is 0 Å². The molecular weight excluding hydrogens is 731 g/mol. The summed E-state index contributed by atoms with van der Waals surface area (Å²) in [5, 5.41) is 8.36. The summed E-state index contributed by atoms with van der Waals surface area (Å²) in [6.45, 7) is 0. The van der Waals surface area contributed by atoms with Crippen LogP contribution in [0.25, 0.3) is 111 Å². The van der Waals surface area contributed by atoms with Crippen LogP contribution in [-0.4, -0.2) is 23.9 Å². The van der Waals surface area contributed by atoms with E-state index in [2.05, 4.69) is 178 Å². The van der Waals surface area contributed by atoms with Gasteiger partial charge in [-0.2, -0.15) is 0 Å². The number of fused-ring (bicyclic) bond motifs is 9. The Morgan fingerprint density at radius 2 is 1.05 bits per heavy atom. The SMILES string of the molecule is c1ccc(-c2c(-c3ccccc3)n(-c3ccc(-c4cn5ccccc5n4)cc3)c3c4ccccc4c4cc(-c5cccc(-c6ccncc6)n5)c5ccccc5c4c23)cc1. The Kier molecular flexibility index (Phi) is 7.78. The van der Waals surface area contributed by atoms with Gasteiger partial charge in [0.2, 0.25) is 0 Å². The second-order valence-electron chi connectivity index (χ2n) is 15.2. The van der Waals surface area contributed by atoms with Crippen molar-refractivity contribution in [3.8, 4) is 61.8 Å². The number of rotatable bonds is 6. The molecule has 60 heavy (non-hydrogen) atoms. The van der Waals surface area contributed by atoms with Crippen LogP contribution in [0.15, 0.2) is 213 Å². The summed E-state index contributed by atoms with van der Waals surface area (Å²) in [5.74, 6) is 0. The quantitative estimate of drug-likeness (QED) is 0.158. The summed E-state index contributed by atoms with van der Waals surface area (Å²) >= 11 is 0. The molecule has 0 bridgehead atoms. The van der Waals surface area contributed by atoms with Crippen molar-refractivity contribution in [2.75, 3.05) is 0 Å². The van der Waals surface area contributed by atoms with E-state index in [1.165, 1.54) is 43.4 Å². The zero-order valence-corrected chi connectivity index (χ0v) is 32.4. The monoisotopic (exact) mass is 765 g/mol. The van der Waals surface area contributed by atoms with Gasteiger partial charge in [0, 0.05) is 68.9 Å². The predicted molar refractivity (Wildman–Crippen MR) is 247 cm³/mol. The van der Waals surface area contributed by atoms with E-state index in [4.69, 9.17) is 9.97 Å². The average Bonchev–Trinajstić information content (AvgIpc) is 3.93. The lowest BCUT2D eigenvalue weighted by molar-refractivity contribution is 1.14. The standard InChI is InChI=1S/C55H35N5/c1-3-14-38(15-4-1)51-53-52-43-20-9-7-18-41(43)45(48-23-13-22-47(57-48)37-29-31-56-32-30-37)34-46(52)42-19-8-10-21-44(42)55(53)60(54(51)39-16-5-2-6-17-39)40-27-25-36(26-28-40)49-35-59-33-12-11-24-50(59)58-49/h1-35H. The van der Waals surface area contributed by atoms with Crippen molar-refractivity contribution in [3.05, 3.63) is 213 Å². The molecule has 0 spiro atoms. The van der Waals surface area contributed by atoms with Crippen LogP contribution in [-0.2, 0) is 0 Å². The molecule has 0 aliphatic carbocycles. The van der Waals surface area contributed by atoms with Crippen LogP contribution in [0.4, 0.5) is 0 Å². The maximum atomic E-state index is 5.28. The van der Waals surface area contributed by atoms with Gasteiger partial charge in [0.25, 0.3) is 0 Å². The molecule has 0 saturated heterocycles. The third kappa shape index (κ3) is 5.37. The van der Waals surface area contributed by atoms with Gasteiger partial charge in [0.15, 0.2) is 0 Å². The number of nitrogens with zero attached hydrogens (tertiary/aromatic N) is 5. The molecule has 12 rings (SSSR count). The molecule has 5 heterocycles. The molecule has 0 fully saturated rings. The van der Waals surface area contributed by atoms with Crippen LogP contribution in [0.1, 0.15) is 0 Å². The summed E-state index contributed by atoms with van der Waals surface area (Å²) in [6, 6.07) is 67.3. The number of pyridine rings is 3. The van der Waals surface area contributed by atoms with E-state index in [0.29, 0.717) is 0 Å². The minimum atomic E-state index is 0.919. The van der Waals surface area contributed by atoms with Crippen molar-refractivity contribution in [1.29, 1.82) is 0 Å². The van der Waals surface area contributed by atoms with Crippen molar-refractivity contribution < 1.29 is 0 Å². The van der Waals surface area contributed by atoms with Gasteiger partial charge in [0.1, 0.15) is 5.65 Å². The van der Waals surface area contributed by atoms with Gasteiger partial charge < -0.3 is 8.97 Å². The highest BCUT2D eigenvalue weighted by atomic mass is 15.0. The molecule has 0 amide bonds. The lowest BCUT2D eigenvalue weighted by atomic mass is 9.87. The fourth-order valence-corrected chi connectivity index (χ4v) is 9.20. The smallest absolute Gasteiger partial charge is 0.137 e. The second-order valence-corrected chi connectivity index (χ2v) is 15.2. The molecule has 7 aromatic carbocycles. The van der Waals surface area contributed by atoms with E-state index in [9.17, 15) is 0 Å². The zero-order valence-electron chi connectivity index (χ0n) is 32.4. The molecular formula is C55H35N5. The average molecular weight is 766 g/mol. The first kappa shape index (κ1) is 33.9. The summed E-state index contributed by atoms with van der Waals surface area (Å²) in [7, 11) is 0. The molecule has 5 heteroatoms. The van der Waals surface area contributed by atoms with Crippen LogP contribution in [0.3, 0.4) is 0 Å². The fraction of sp³-hybridized carbons (Fsp3) is 0. The zero-order chi connectivity index (χ0) is 39.6. The van der Waals surface area contributed by atoms with Gasteiger partial charge in [-0.15, -0.1) is 0 Å². The van der Waals surface area contributed by atoms with E-state index in [-0.39, 0.29) is 0 Å². The normalized spacial score (nSPS) is 11.7. The lowest BCUT2D eigenvalue weighted by Crippen LogP contribution is -1.98. The van der Waals surface area contributed by atoms with Crippen LogP contribution >= 0.6 is 0 Å². The third-order valence-corrected chi connectivity index (χ3v) is 11.8. The number of aromatic nitrogens is 5. The van der Waals surface area contributed by atoms with E-state index in [1.807, 2.05) is 48.9 Å². The van der Waals surface area contributed by atoms with Crippen molar-refractivity contribution in [2.45, 2.75) is 0 Å². The summed E-state index contributed by atoms with van der Waals surface area (Å²) in [4.78, 5) is 14.5. The van der Waals surface area contributed by atoms with Crippen LogP contribution in [0, 0.1) is 0 Å². The van der Waals surface area contributed by atoms with Gasteiger partial charge >= 0.3 is 0 Å². The van der Waals surface area contributed by atoms with E-state index in [0.717, 1.165) is 67.3 Å². The Morgan fingerprint density at radius 1 is 0.400 bits per heavy atom. The first-order valence-corrected chi connectivity index (χ1v) is 20.3. The van der Waals surface area contributed by atoms with E-state index >= 15 is 0 Å². The molecule has 0 atom stereocenters. The molecule has 0 unspecified atom stereocenters. The Hall–Kier alpha value is -8.15. The molecule has 0 aliphatic heterocycles. The van der Waals surface area contributed by atoms with Gasteiger partial charge in [-0.3, -0.25) is 4.98 Å². The second kappa shape index (κ2) is 13.8. The summed E-state index contributed by atoms with van der Waals surface area (Å²) in [6.07, 6.45) is 7.79. The van der Waals surface area contributed by atoms with E-state index in [1.54, 1.807) is 0 Å². The minimum Gasteiger partial charge on any atom is -0.308 e. The molecule has 280 valence electrons. The Labute approximate surface area is 346 Å². The number of hydrogen-bond donors (Lipinski definition) is 0. The molecule has 0 aliphatic rings. The lowest BCUT2D eigenvalue weighted by Gasteiger charge is -2.17. The van der Waals surface area contributed by atoms with Crippen molar-refractivity contribution in [1.82, 2.24) is 23.9 Å². The van der Waals surface area contributed by atoms with E-state index < -0.39 is 0 Å². The first-order valence-electron chi connectivity index (χ1n) is 20.3. The molecule has 0 radical (unpaired) electrons. The van der Waals surface area contributed by atoms with Gasteiger partial charge in [0.05, 0.1) is 28.3 Å². The molecule has 0 N–H and O–H groups in total. The first-order chi connectivity index (χ1) is 29.8. The van der Waals surface area contributed by atoms with Crippen molar-refractivity contribution >= 4 is 48.9 Å². The third-order valence-electron chi connectivity index (χ3n) is 11.8. The highest BCUT2D eigenvalue weighted by Gasteiger charge is 2.27. The van der Waals surface area contributed by atoms with Gasteiger partial charge in [-0.1, -0.05) is 133 Å². The number of benzene rings is 7. The minimum absolute atomic E-state index is 0.919. The van der Waals surface area contributed by atoms with Crippen molar-refractivity contribution in [2.24, 2.45) is 0 Å². The topological polar surface area (TPSA) is 48.0 Å². The maximum absolute atomic E-state index is 5.28. The number of imidazole rings is 1. The maximum Gasteiger partial charge on any atom is 0.137 e. The molecule has 5 aromatic heterocycles. The summed E-state index contributed by atoms with van der Waals surface area (Å²) in [5.41, 5.74) is 13.8. The molecule has 5 nitrogen and oxygen atoms in total. The van der Waals surface area contributed by atoms with Crippen LogP contribution in [0.5, 0.6) is 0 Å². The predicted octanol–water partition coefficient (Wildman–Crippen LogP) is 13.9. The molecule has 0 saturated carbocycles. The highest BCUT2D eigenvalue weighted by molar-refractivity contribution is 6.36. The van der Waals surface area contributed by atoms with Gasteiger partial charge in [-0.05, 0) is 87.3 Å². The fourth-order valence-electron chi connectivity index (χ4n) is 9.20.